The monoisotopic (exact) mass is 503 g/mol. The van der Waals surface area contributed by atoms with Crippen LogP contribution < -0.4 is 9.64 Å². The molecular formula is C25H24ClF2N3O2S. The van der Waals surface area contributed by atoms with Crippen molar-refractivity contribution in [2.45, 2.75) is 6.42 Å². The first-order valence-corrected chi connectivity index (χ1v) is 11.3. The highest BCUT2D eigenvalue weighted by Crippen LogP contribution is 2.32. The standard InChI is InChI=1S/C25H23F2N3O2S.ClH/c1-29(2)13-6-14-30(25-28-23-21(27)15-18(26)16-22(23)33-25)24(31)17-9-11-20(12-10-17)32-19-7-4-3-5-8-19;/h3-5,7-12,15-16H,6,13-14H2,1-2H3;1H. The molecule has 1 heterocycles. The van der Waals surface area contributed by atoms with Gasteiger partial charge in [0.1, 0.15) is 22.8 Å². The van der Waals surface area contributed by atoms with E-state index < -0.39 is 11.6 Å². The highest BCUT2D eigenvalue weighted by molar-refractivity contribution is 7.22. The molecule has 0 aliphatic carbocycles. The van der Waals surface area contributed by atoms with Gasteiger partial charge in [-0.05, 0) is 69.5 Å². The van der Waals surface area contributed by atoms with Crippen molar-refractivity contribution in [2.75, 3.05) is 32.1 Å². The number of hydrogen-bond donors (Lipinski definition) is 0. The molecule has 178 valence electrons. The predicted octanol–water partition coefficient (Wildman–Crippen LogP) is 6.39. The van der Waals surface area contributed by atoms with Gasteiger partial charge >= 0.3 is 0 Å². The van der Waals surface area contributed by atoms with Crippen molar-refractivity contribution in [1.29, 1.82) is 0 Å². The van der Waals surface area contributed by atoms with E-state index in [1.165, 1.54) is 11.0 Å². The average Bonchev–Trinajstić information content (AvgIpc) is 3.21. The van der Waals surface area contributed by atoms with Gasteiger partial charge in [0.2, 0.25) is 0 Å². The number of carbonyl (C=O) groups is 1. The molecule has 3 aromatic carbocycles. The second kappa shape index (κ2) is 11.4. The molecule has 5 nitrogen and oxygen atoms in total. The molecule has 4 rings (SSSR count). The van der Waals surface area contributed by atoms with Crippen molar-refractivity contribution in [1.82, 2.24) is 9.88 Å². The van der Waals surface area contributed by atoms with Crippen LogP contribution >= 0.6 is 23.7 Å². The summed E-state index contributed by atoms with van der Waals surface area (Å²) in [6.45, 7) is 1.16. The molecule has 0 unspecified atom stereocenters. The lowest BCUT2D eigenvalue weighted by molar-refractivity contribution is 0.0986. The number of para-hydroxylation sites is 1. The van der Waals surface area contributed by atoms with Crippen LogP contribution in [0.5, 0.6) is 11.5 Å². The normalized spacial score (nSPS) is 10.9. The molecule has 0 bridgehead atoms. The molecule has 9 heteroatoms. The fraction of sp³-hybridized carbons (Fsp3) is 0.200. The zero-order chi connectivity index (χ0) is 23.4. The number of carbonyl (C=O) groups excluding carboxylic acids is 1. The third-order valence-electron chi connectivity index (χ3n) is 4.95. The van der Waals surface area contributed by atoms with Crippen molar-refractivity contribution in [3.63, 3.8) is 0 Å². The molecule has 0 aliphatic heterocycles. The summed E-state index contributed by atoms with van der Waals surface area (Å²) in [6.07, 6.45) is 0.695. The summed E-state index contributed by atoms with van der Waals surface area (Å²) in [4.78, 5) is 21.3. The Morgan fingerprint density at radius 1 is 0.971 bits per heavy atom. The summed E-state index contributed by atoms with van der Waals surface area (Å²) in [5, 5.41) is 0.336. The van der Waals surface area contributed by atoms with Gasteiger partial charge in [0.05, 0.1) is 4.70 Å². The summed E-state index contributed by atoms with van der Waals surface area (Å²) in [7, 11) is 3.90. The van der Waals surface area contributed by atoms with E-state index in [0.29, 0.717) is 39.9 Å². The maximum atomic E-state index is 14.2. The number of nitrogens with zero attached hydrogens (tertiary/aromatic N) is 3. The number of anilines is 1. The van der Waals surface area contributed by atoms with Crippen molar-refractivity contribution in [3.05, 3.63) is 83.9 Å². The molecule has 0 radical (unpaired) electrons. The van der Waals surface area contributed by atoms with Crippen LogP contribution in [0.15, 0.2) is 66.7 Å². The van der Waals surface area contributed by atoms with Crippen LogP contribution in [0.3, 0.4) is 0 Å². The van der Waals surface area contributed by atoms with Gasteiger partial charge in [-0.3, -0.25) is 9.69 Å². The van der Waals surface area contributed by atoms with E-state index in [9.17, 15) is 13.6 Å². The maximum absolute atomic E-state index is 14.2. The van der Waals surface area contributed by atoms with Crippen LogP contribution in [-0.4, -0.2) is 43.0 Å². The fourth-order valence-corrected chi connectivity index (χ4v) is 4.37. The Bertz CT molecular complexity index is 1250. The molecule has 1 aromatic heterocycles. The molecule has 0 atom stereocenters. The number of rotatable bonds is 8. The van der Waals surface area contributed by atoms with Crippen LogP contribution in [0.25, 0.3) is 10.2 Å². The Hall–Kier alpha value is -3.07. The van der Waals surface area contributed by atoms with Gasteiger partial charge in [-0.1, -0.05) is 29.5 Å². The van der Waals surface area contributed by atoms with Gasteiger partial charge in [0.25, 0.3) is 5.91 Å². The molecule has 0 spiro atoms. The third kappa shape index (κ3) is 6.08. The van der Waals surface area contributed by atoms with Crippen LogP contribution in [0, 0.1) is 11.6 Å². The summed E-state index contributed by atoms with van der Waals surface area (Å²) >= 11 is 1.10. The Balaban J connectivity index is 0.00000324. The second-order valence-electron chi connectivity index (χ2n) is 7.78. The topological polar surface area (TPSA) is 45.7 Å². The number of ether oxygens (including phenoxy) is 1. The molecule has 0 N–H and O–H groups in total. The van der Waals surface area contributed by atoms with Gasteiger partial charge in [-0.15, -0.1) is 12.4 Å². The highest BCUT2D eigenvalue weighted by atomic mass is 35.5. The van der Waals surface area contributed by atoms with Crippen molar-refractivity contribution in [2.24, 2.45) is 0 Å². The lowest BCUT2D eigenvalue weighted by atomic mass is 10.2. The van der Waals surface area contributed by atoms with Gasteiger partial charge in [-0.2, -0.15) is 0 Å². The number of benzene rings is 3. The van der Waals surface area contributed by atoms with Crippen LogP contribution in [0.1, 0.15) is 16.8 Å². The van der Waals surface area contributed by atoms with E-state index in [1.54, 1.807) is 24.3 Å². The molecule has 0 aliphatic rings. The van der Waals surface area contributed by atoms with Crippen LogP contribution in [-0.2, 0) is 0 Å². The van der Waals surface area contributed by atoms with Gasteiger partial charge < -0.3 is 9.64 Å². The minimum atomic E-state index is -0.740. The van der Waals surface area contributed by atoms with E-state index in [1.807, 2.05) is 49.3 Å². The summed E-state index contributed by atoms with van der Waals surface area (Å²) in [6, 6.07) is 18.2. The summed E-state index contributed by atoms with van der Waals surface area (Å²) < 4.78 is 34.0. The Morgan fingerprint density at radius 2 is 1.65 bits per heavy atom. The molecule has 0 saturated heterocycles. The van der Waals surface area contributed by atoms with Crippen LogP contribution in [0.4, 0.5) is 13.9 Å². The number of thiazole rings is 1. The molecule has 0 saturated carbocycles. The maximum Gasteiger partial charge on any atom is 0.260 e. The zero-order valence-corrected chi connectivity index (χ0v) is 20.3. The van der Waals surface area contributed by atoms with E-state index in [2.05, 4.69) is 4.98 Å². The SMILES string of the molecule is CN(C)CCCN(C(=O)c1ccc(Oc2ccccc2)cc1)c1nc2c(F)cc(F)cc2s1.Cl. The number of hydrogen-bond acceptors (Lipinski definition) is 5. The van der Waals surface area contributed by atoms with Gasteiger partial charge in [-0.25, -0.2) is 13.8 Å². The molecule has 34 heavy (non-hydrogen) atoms. The lowest BCUT2D eigenvalue weighted by Gasteiger charge is -2.21. The molecular weight excluding hydrogens is 480 g/mol. The number of fused-ring (bicyclic) bond motifs is 1. The van der Waals surface area contributed by atoms with Gasteiger partial charge in [0.15, 0.2) is 10.9 Å². The largest absolute Gasteiger partial charge is 0.457 e. The van der Waals surface area contributed by atoms with E-state index >= 15 is 0 Å². The number of amides is 1. The van der Waals surface area contributed by atoms with Crippen molar-refractivity contribution >= 4 is 45.0 Å². The fourth-order valence-electron chi connectivity index (χ4n) is 3.34. The van der Waals surface area contributed by atoms with Gasteiger partial charge in [0, 0.05) is 18.2 Å². The summed E-state index contributed by atoms with van der Waals surface area (Å²) in [5.41, 5.74) is 0.514. The van der Waals surface area contributed by atoms with Crippen molar-refractivity contribution < 1.29 is 18.3 Å². The first kappa shape index (κ1) is 25.6. The van der Waals surface area contributed by atoms with E-state index in [-0.39, 0.29) is 23.8 Å². The Kier molecular flexibility index (Phi) is 8.55. The molecule has 4 aromatic rings. The number of halogens is 3. The van der Waals surface area contributed by atoms with E-state index in [4.69, 9.17) is 4.74 Å². The minimum Gasteiger partial charge on any atom is -0.457 e. The highest BCUT2D eigenvalue weighted by Gasteiger charge is 2.22. The average molecular weight is 504 g/mol. The van der Waals surface area contributed by atoms with Crippen molar-refractivity contribution in [3.8, 4) is 11.5 Å². The quantitative estimate of drug-likeness (QED) is 0.279. The Labute approximate surface area is 207 Å². The second-order valence-corrected chi connectivity index (χ2v) is 8.79. The predicted molar refractivity (Wildman–Crippen MR) is 135 cm³/mol. The minimum absolute atomic E-state index is 0. The molecule has 0 fully saturated rings. The first-order chi connectivity index (χ1) is 15.9. The van der Waals surface area contributed by atoms with Crippen LogP contribution in [0.2, 0.25) is 0 Å². The first-order valence-electron chi connectivity index (χ1n) is 10.5. The third-order valence-corrected chi connectivity index (χ3v) is 5.97. The molecule has 1 amide bonds. The van der Waals surface area contributed by atoms with E-state index in [0.717, 1.165) is 23.9 Å². The smallest absolute Gasteiger partial charge is 0.260 e. The zero-order valence-electron chi connectivity index (χ0n) is 18.7. The lowest BCUT2D eigenvalue weighted by Crippen LogP contribution is -2.33. The Morgan fingerprint density at radius 3 is 2.32 bits per heavy atom. The summed E-state index contributed by atoms with van der Waals surface area (Å²) in [5.74, 6) is -0.370. The number of aromatic nitrogens is 1.